The number of aliphatic hydroxyl groups excluding tert-OH is 2. The maximum Gasteiger partial charge on any atom is 0.219 e. The van der Waals surface area contributed by atoms with E-state index in [9.17, 15) is 19.8 Å². The second kappa shape index (κ2) is 13.1. The summed E-state index contributed by atoms with van der Waals surface area (Å²) in [5.74, 6) is -0.375. The lowest BCUT2D eigenvalue weighted by Gasteiger charge is -2.16. The molecule has 164 valence electrons. The Morgan fingerprint density at radius 3 is 2.77 bits per heavy atom. The molecule has 1 aliphatic rings. The molecule has 0 radical (unpaired) electrons. The van der Waals surface area contributed by atoms with Crippen LogP contribution >= 0.6 is 0 Å². The van der Waals surface area contributed by atoms with Crippen molar-refractivity contribution < 1.29 is 19.8 Å². The van der Waals surface area contributed by atoms with E-state index in [4.69, 9.17) is 0 Å². The molecule has 2 rings (SSSR count). The van der Waals surface area contributed by atoms with Gasteiger partial charge in [0.15, 0.2) is 0 Å². The van der Waals surface area contributed by atoms with Crippen LogP contribution < -0.4 is 5.32 Å². The van der Waals surface area contributed by atoms with Crippen LogP contribution in [0, 0.1) is 11.8 Å². The van der Waals surface area contributed by atoms with Crippen LogP contribution in [0.15, 0.2) is 54.6 Å². The second-order valence-corrected chi connectivity index (χ2v) is 7.95. The van der Waals surface area contributed by atoms with Gasteiger partial charge >= 0.3 is 0 Å². The Labute approximate surface area is 179 Å². The van der Waals surface area contributed by atoms with Gasteiger partial charge in [-0.05, 0) is 44.6 Å². The molecular weight excluding hydrogens is 378 g/mol. The fraction of sp³-hybridized carbons (Fsp3) is 0.520. The molecule has 0 bridgehead atoms. The Kier molecular flexibility index (Phi) is 10.5. The predicted molar refractivity (Wildman–Crippen MR) is 119 cm³/mol. The molecule has 0 aliphatic heterocycles. The monoisotopic (exact) mass is 413 g/mol. The van der Waals surface area contributed by atoms with Crippen molar-refractivity contribution in [2.45, 2.75) is 64.1 Å². The molecule has 1 aliphatic carbocycles. The number of hydrogen-bond donors (Lipinski definition) is 3. The number of unbranched alkanes of at least 4 members (excludes halogenated alkanes) is 1. The van der Waals surface area contributed by atoms with Gasteiger partial charge in [0.1, 0.15) is 5.78 Å². The zero-order valence-electron chi connectivity index (χ0n) is 17.9. The fourth-order valence-corrected chi connectivity index (χ4v) is 3.87. The van der Waals surface area contributed by atoms with Crippen LogP contribution in [-0.2, 0) is 16.0 Å². The maximum absolute atomic E-state index is 12.3. The standard InChI is InChI=1S/C25H35NO4/c1-2-26-25(30)13-9-4-3-8-12-21-22(24(29)18-23(21)28)17-16-20(27)15-14-19-10-6-5-7-11-19/h3,5-8,10-11,16-17,20-22,24,27,29H,2,4,9,12-15,18H2,1H3,(H,26,30)/b8-3-,17-16+/t20-,21+,22+,24+/m0/s1. The van der Waals surface area contributed by atoms with Crippen LogP contribution in [0.5, 0.6) is 0 Å². The number of allylic oxidation sites excluding steroid dienone is 2. The topological polar surface area (TPSA) is 86.6 Å². The van der Waals surface area contributed by atoms with Crippen molar-refractivity contribution in [3.8, 4) is 0 Å². The molecule has 0 saturated heterocycles. The summed E-state index contributed by atoms with van der Waals surface area (Å²) in [4.78, 5) is 23.7. The molecule has 1 saturated carbocycles. The van der Waals surface area contributed by atoms with Crippen LogP contribution in [0.2, 0.25) is 0 Å². The Hall–Kier alpha value is -2.24. The number of carbonyl (C=O) groups is 2. The highest BCUT2D eigenvalue weighted by Gasteiger charge is 2.39. The summed E-state index contributed by atoms with van der Waals surface area (Å²) in [5.41, 5.74) is 1.18. The quantitative estimate of drug-likeness (QED) is 0.362. The van der Waals surface area contributed by atoms with Crippen LogP contribution in [0.25, 0.3) is 0 Å². The zero-order chi connectivity index (χ0) is 21.8. The smallest absolute Gasteiger partial charge is 0.219 e. The normalized spacial score (nSPS) is 22.8. The summed E-state index contributed by atoms with van der Waals surface area (Å²) in [7, 11) is 0. The highest BCUT2D eigenvalue weighted by Crippen LogP contribution is 2.33. The van der Waals surface area contributed by atoms with E-state index in [0.717, 1.165) is 19.3 Å². The average molecular weight is 414 g/mol. The van der Waals surface area contributed by atoms with Crippen molar-refractivity contribution in [2.75, 3.05) is 6.54 Å². The van der Waals surface area contributed by atoms with E-state index in [-0.39, 0.29) is 29.9 Å². The van der Waals surface area contributed by atoms with Gasteiger partial charge in [-0.3, -0.25) is 9.59 Å². The van der Waals surface area contributed by atoms with E-state index >= 15 is 0 Å². The van der Waals surface area contributed by atoms with Crippen LogP contribution in [0.1, 0.15) is 51.0 Å². The number of rotatable bonds is 12. The molecule has 5 nitrogen and oxygen atoms in total. The third kappa shape index (κ3) is 8.25. The minimum atomic E-state index is -0.689. The van der Waals surface area contributed by atoms with Crippen LogP contribution in [0.3, 0.4) is 0 Å². The number of carbonyl (C=O) groups excluding carboxylic acids is 2. The Morgan fingerprint density at radius 2 is 2.03 bits per heavy atom. The van der Waals surface area contributed by atoms with E-state index < -0.39 is 12.2 Å². The lowest BCUT2D eigenvalue weighted by atomic mass is 9.90. The third-order valence-electron chi connectivity index (χ3n) is 5.57. The van der Waals surface area contributed by atoms with Gasteiger partial charge in [0.05, 0.1) is 12.2 Å². The van der Waals surface area contributed by atoms with Gasteiger partial charge in [0.2, 0.25) is 5.91 Å². The van der Waals surface area contributed by atoms with Gasteiger partial charge < -0.3 is 15.5 Å². The van der Waals surface area contributed by atoms with E-state index in [1.807, 2.05) is 55.5 Å². The highest BCUT2D eigenvalue weighted by molar-refractivity contribution is 5.84. The first-order chi connectivity index (χ1) is 14.5. The number of aryl methyl sites for hydroxylation is 1. The van der Waals surface area contributed by atoms with Gasteiger partial charge in [0, 0.05) is 31.2 Å². The molecule has 0 aromatic heterocycles. The predicted octanol–water partition coefficient (Wildman–Crippen LogP) is 3.36. The lowest BCUT2D eigenvalue weighted by molar-refractivity contribution is -0.121. The summed E-state index contributed by atoms with van der Waals surface area (Å²) in [6.07, 6.45) is 10.4. The molecule has 1 fully saturated rings. The van der Waals surface area contributed by atoms with E-state index in [1.165, 1.54) is 5.56 Å². The number of nitrogens with one attached hydrogen (secondary N) is 1. The SMILES string of the molecule is CCNC(=O)CCC/C=C\C[C@H]1C(=O)C[C@@H](O)[C@@H]1/C=C/[C@@H](O)CCc1ccccc1. The molecule has 5 heteroatoms. The van der Waals surface area contributed by atoms with Crippen molar-refractivity contribution in [3.63, 3.8) is 0 Å². The minimum absolute atomic E-state index is 0.0658. The molecule has 4 atom stereocenters. The largest absolute Gasteiger partial charge is 0.392 e. The molecule has 0 unspecified atom stereocenters. The van der Waals surface area contributed by atoms with Crippen molar-refractivity contribution >= 4 is 11.7 Å². The number of benzene rings is 1. The second-order valence-electron chi connectivity index (χ2n) is 7.95. The zero-order valence-corrected chi connectivity index (χ0v) is 17.9. The van der Waals surface area contributed by atoms with E-state index in [0.29, 0.717) is 25.8 Å². The summed E-state index contributed by atoms with van der Waals surface area (Å²) in [5, 5.41) is 23.3. The van der Waals surface area contributed by atoms with Crippen molar-refractivity contribution in [3.05, 3.63) is 60.2 Å². The fourth-order valence-electron chi connectivity index (χ4n) is 3.87. The Morgan fingerprint density at radius 1 is 1.27 bits per heavy atom. The van der Waals surface area contributed by atoms with Crippen molar-refractivity contribution in [1.82, 2.24) is 5.32 Å². The first-order valence-electron chi connectivity index (χ1n) is 11.0. The number of ketones is 1. The van der Waals surface area contributed by atoms with Gasteiger partial charge in [0.25, 0.3) is 0 Å². The van der Waals surface area contributed by atoms with Crippen molar-refractivity contribution in [2.24, 2.45) is 11.8 Å². The van der Waals surface area contributed by atoms with Crippen LogP contribution in [-0.4, -0.2) is 40.7 Å². The number of aliphatic hydroxyl groups is 2. The molecule has 0 heterocycles. The van der Waals surface area contributed by atoms with Gasteiger partial charge in [-0.25, -0.2) is 0 Å². The summed E-state index contributed by atoms with van der Waals surface area (Å²) in [6.45, 7) is 2.55. The molecular formula is C25H35NO4. The maximum atomic E-state index is 12.3. The molecule has 30 heavy (non-hydrogen) atoms. The molecule has 3 N–H and O–H groups in total. The number of Topliss-reactive ketones (excluding diaryl/α,β-unsaturated/α-hetero) is 1. The average Bonchev–Trinajstić information content (AvgIpc) is 3.00. The molecule has 1 amide bonds. The first-order valence-corrected chi connectivity index (χ1v) is 11.0. The van der Waals surface area contributed by atoms with Gasteiger partial charge in [-0.1, -0.05) is 54.6 Å². The van der Waals surface area contributed by atoms with E-state index in [2.05, 4.69) is 5.32 Å². The molecule has 0 spiro atoms. The van der Waals surface area contributed by atoms with E-state index in [1.54, 1.807) is 6.08 Å². The summed E-state index contributed by atoms with van der Waals surface area (Å²) < 4.78 is 0. The van der Waals surface area contributed by atoms with Crippen molar-refractivity contribution in [1.29, 1.82) is 0 Å². The minimum Gasteiger partial charge on any atom is -0.392 e. The van der Waals surface area contributed by atoms with Gasteiger partial charge in [-0.15, -0.1) is 0 Å². The molecule has 1 aromatic rings. The number of amides is 1. The molecule has 1 aromatic carbocycles. The lowest BCUT2D eigenvalue weighted by Crippen LogP contribution is -2.21. The Bertz CT molecular complexity index is 713. The summed E-state index contributed by atoms with van der Waals surface area (Å²) in [6, 6.07) is 10.0. The summed E-state index contributed by atoms with van der Waals surface area (Å²) >= 11 is 0. The third-order valence-corrected chi connectivity index (χ3v) is 5.57. The van der Waals surface area contributed by atoms with Crippen LogP contribution in [0.4, 0.5) is 0 Å². The number of hydrogen-bond acceptors (Lipinski definition) is 4. The highest BCUT2D eigenvalue weighted by atomic mass is 16.3. The first kappa shape index (κ1) is 24.0. The Balaban J connectivity index is 1.78. The van der Waals surface area contributed by atoms with Gasteiger partial charge in [-0.2, -0.15) is 0 Å².